The SMILES string of the molecule is CC(=O)OC1CCC2(C)C3=C(CCC2C1(C)C)C1(C)CCC(C(C)CC=CC(C)(C)O)C1(C)CC3. The smallest absolute Gasteiger partial charge is 0.302 e. The lowest BCUT2D eigenvalue weighted by molar-refractivity contribution is -0.167. The topological polar surface area (TPSA) is 46.5 Å². The fourth-order valence-corrected chi connectivity index (χ4v) is 9.76. The summed E-state index contributed by atoms with van der Waals surface area (Å²) in [6, 6.07) is 0. The number of esters is 1. The monoisotopic (exact) mass is 484 g/mol. The number of fused-ring (bicyclic) bond motifs is 4. The highest BCUT2D eigenvalue weighted by atomic mass is 16.5. The number of carbonyl (C=O) groups is 1. The lowest BCUT2D eigenvalue weighted by Gasteiger charge is -2.62. The molecule has 0 aromatic heterocycles. The van der Waals surface area contributed by atoms with Crippen LogP contribution in [-0.2, 0) is 9.53 Å². The minimum absolute atomic E-state index is 0.0123. The molecule has 0 heterocycles. The molecule has 0 aromatic carbocycles. The van der Waals surface area contributed by atoms with E-state index in [9.17, 15) is 9.90 Å². The molecule has 4 rings (SSSR count). The first-order valence-corrected chi connectivity index (χ1v) is 14.4. The van der Waals surface area contributed by atoms with Crippen LogP contribution in [0.2, 0.25) is 0 Å². The summed E-state index contributed by atoms with van der Waals surface area (Å²) in [5.74, 6) is 1.80. The summed E-state index contributed by atoms with van der Waals surface area (Å²) in [6.07, 6.45) is 15.0. The number of hydrogen-bond acceptors (Lipinski definition) is 3. The quantitative estimate of drug-likeness (QED) is 0.317. The summed E-state index contributed by atoms with van der Waals surface area (Å²) in [5, 5.41) is 10.1. The molecule has 35 heavy (non-hydrogen) atoms. The van der Waals surface area contributed by atoms with E-state index in [1.165, 1.54) is 38.5 Å². The Hall–Kier alpha value is -1.09. The van der Waals surface area contributed by atoms with Gasteiger partial charge in [-0.05, 0) is 106 Å². The first-order valence-electron chi connectivity index (χ1n) is 14.4. The van der Waals surface area contributed by atoms with Crippen LogP contribution < -0.4 is 0 Å². The van der Waals surface area contributed by atoms with E-state index >= 15 is 0 Å². The van der Waals surface area contributed by atoms with Crippen LogP contribution in [0, 0.1) is 39.4 Å². The van der Waals surface area contributed by atoms with Crippen molar-refractivity contribution >= 4 is 5.97 Å². The van der Waals surface area contributed by atoms with Gasteiger partial charge in [-0.15, -0.1) is 0 Å². The van der Waals surface area contributed by atoms with Crippen LogP contribution in [0.3, 0.4) is 0 Å². The van der Waals surface area contributed by atoms with Crippen LogP contribution in [0.25, 0.3) is 0 Å². The van der Waals surface area contributed by atoms with Gasteiger partial charge in [-0.2, -0.15) is 0 Å². The Morgan fingerprint density at radius 1 is 1.06 bits per heavy atom. The predicted octanol–water partition coefficient (Wildman–Crippen LogP) is 8.02. The van der Waals surface area contributed by atoms with Crippen LogP contribution in [0.15, 0.2) is 23.3 Å². The second-order valence-corrected chi connectivity index (χ2v) is 14.6. The van der Waals surface area contributed by atoms with Crippen molar-refractivity contribution in [2.45, 2.75) is 132 Å². The van der Waals surface area contributed by atoms with Gasteiger partial charge >= 0.3 is 5.97 Å². The maximum Gasteiger partial charge on any atom is 0.302 e. The van der Waals surface area contributed by atoms with Gasteiger partial charge < -0.3 is 9.84 Å². The second kappa shape index (κ2) is 8.74. The highest BCUT2D eigenvalue weighted by Crippen LogP contribution is 2.72. The second-order valence-electron chi connectivity index (χ2n) is 14.6. The highest BCUT2D eigenvalue weighted by Gasteiger charge is 2.63. The normalized spacial score (nSPS) is 41.8. The van der Waals surface area contributed by atoms with Crippen molar-refractivity contribution < 1.29 is 14.6 Å². The van der Waals surface area contributed by atoms with E-state index in [0.29, 0.717) is 22.7 Å². The van der Waals surface area contributed by atoms with Gasteiger partial charge in [-0.25, -0.2) is 0 Å². The summed E-state index contributed by atoms with van der Waals surface area (Å²) in [4.78, 5) is 11.8. The zero-order chi connectivity index (χ0) is 26.0. The zero-order valence-corrected chi connectivity index (χ0v) is 24.1. The predicted molar refractivity (Wildman–Crippen MR) is 144 cm³/mol. The maximum absolute atomic E-state index is 11.8. The highest BCUT2D eigenvalue weighted by molar-refractivity contribution is 5.66. The molecule has 7 atom stereocenters. The Bertz CT molecular complexity index is 904. The van der Waals surface area contributed by atoms with Crippen LogP contribution in [0.5, 0.6) is 0 Å². The molecule has 3 nitrogen and oxygen atoms in total. The molecule has 0 amide bonds. The van der Waals surface area contributed by atoms with E-state index in [0.717, 1.165) is 25.2 Å². The van der Waals surface area contributed by atoms with Gasteiger partial charge in [-0.3, -0.25) is 4.79 Å². The minimum Gasteiger partial charge on any atom is -0.462 e. The van der Waals surface area contributed by atoms with E-state index < -0.39 is 5.60 Å². The summed E-state index contributed by atoms with van der Waals surface area (Å²) < 4.78 is 5.86. The first kappa shape index (κ1) is 27.0. The molecule has 0 spiro atoms. The average molecular weight is 485 g/mol. The van der Waals surface area contributed by atoms with Crippen molar-refractivity contribution in [3.63, 3.8) is 0 Å². The van der Waals surface area contributed by atoms with Crippen molar-refractivity contribution in [3.8, 4) is 0 Å². The summed E-state index contributed by atoms with van der Waals surface area (Å²) in [6.45, 7) is 20.2. The molecule has 2 saturated carbocycles. The molecule has 0 radical (unpaired) electrons. The van der Waals surface area contributed by atoms with Crippen molar-refractivity contribution in [1.29, 1.82) is 0 Å². The van der Waals surface area contributed by atoms with E-state index in [4.69, 9.17) is 4.74 Å². The number of allylic oxidation sites excluding steroid dienone is 3. The van der Waals surface area contributed by atoms with Gasteiger partial charge in [-0.1, -0.05) is 64.8 Å². The Labute approximate surface area is 215 Å². The Kier molecular flexibility index (Phi) is 6.73. The van der Waals surface area contributed by atoms with Crippen molar-refractivity contribution in [1.82, 2.24) is 0 Å². The van der Waals surface area contributed by atoms with E-state index in [1.54, 1.807) is 12.5 Å². The van der Waals surface area contributed by atoms with E-state index in [1.807, 2.05) is 25.5 Å². The molecule has 2 fully saturated rings. The molecule has 3 heteroatoms. The number of carbonyl (C=O) groups excluding carboxylic acids is 1. The molecule has 198 valence electrons. The molecular weight excluding hydrogens is 432 g/mol. The van der Waals surface area contributed by atoms with E-state index in [-0.39, 0.29) is 22.9 Å². The molecule has 0 aromatic rings. The molecule has 4 aliphatic carbocycles. The van der Waals surface area contributed by atoms with Crippen molar-refractivity contribution in [3.05, 3.63) is 23.3 Å². The van der Waals surface area contributed by atoms with Gasteiger partial charge in [0.15, 0.2) is 0 Å². The van der Waals surface area contributed by atoms with Crippen LogP contribution in [0.4, 0.5) is 0 Å². The third-order valence-corrected chi connectivity index (χ3v) is 11.8. The molecule has 1 N–H and O–H groups in total. The van der Waals surface area contributed by atoms with Gasteiger partial charge in [0.1, 0.15) is 6.10 Å². The number of ether oxygens (including phenoxy) is 1. The van der Waals surface area contributed by atoms with Gasteiger partial charge in [0, 0.05) is 12.3 Å². The molecule has 4 aliphatic rings. The summed E-state index contributed by atoms with van der Waals surface area (Å²) in [5.41, 5.74) is 3.77. The maximum atomic E-state index is 11.8. The van der Waals surface area contributed by atoms with Crippen molar-refractivity contribution in [2.75, 3.05) is 0 Å². The van der Waals surface area contributed by atoms with Crippen LogP contribution in [-0.4, -0.2) is 22.8 Å². The summed E-state index contributed by atoms with van der Waals surface area (Å²) in [7, 11) is 0. The third kappa shape index (κ3) is 4.26. The van der Waals surface area contributed by atoms with Crippen LogP contribution >= 0.6 is 0 Å². The zero-order valence-electron chi connectivity index (χ0n) is 24.1. The third-order valence-electron chi connectivity index (χ3n) is 11.8. The fraction of sp³-hybridized carbons (Fsp3) is 0.844. The minimum atomic E-state index is -0.727. The lowest BCUT2D eigenvalue weighted by atomic mass is 9.43. The van der Waals surface area contributed by atoms with Gasteiger partial charge in [0.2, 0.25) is 0 Å². The van der Waals surface area contributed by atoms with Crippen molar-refractivity contribution in [2.24, 2.45) is 39.4 Å². The van der Waals surface area contributed by atoms with Gasteiger partial charge in [0.25, 0.3) is 0 Å². The average Bonchev–Trinajstić information content (AvgIpc) is 3.00. The Balaban J connectivity index is 1.62. The molecule has 0 bridgehead atoms. The standard InChI is InChI=1S/C32H52O3/c1-21(11-10-17-28(3,4)34)23-14-19-32(9)25-12-13-26-29(5,6)27(35-22(2)33)16-18-30(26,7)24(25)15-20-31(23,32)8/h10,17,21,23,26-27,34H,11-16,18-20H2,1-9H3. The largest absolute Gasteiger partial charge is 0.462 e. The molecule has 0 saturated heterocycles. The number of aliphatic hydroxyl groups is 1. The Morgan fingerprint density at radius 3 is 2.37 bits per heavy atom. The lowest BCUT2D eigenvalue weighted by Crippen LogP contribution is -2.55. The summed E-state index contributed by atoms with van der Waals surface area (Å²) >= 11 is 0. The van der Waals surface area contributed by atoms with E-state index in [2.05, 4.69) is 47.6 Å². The van der Waals surface area contributed by atoms with Gasteiger partial charge in [0.05, 0.1) is 5.60 Å². The molecular formula is C32H52O3. The Morgan fingerprint density at radius 2 is 1.74 bits per heavy atom. The first-order chi connectivity index (χ1) is 16.1. The molecule has 0 aliphatic heterocycles. The van der Waals surface area contributed by atoms with Crippen LogP contribution in [0.1, 0.15) is 120 Å². The fourth-order valence-electron chi connectivity index (χ4n) is 9.76. The number of rotatable bonds is 5. The number of hydrogen-bond donors (Lipinski definition) is 1. The molecule has 7 unspecified atom stereocenters.